The molecule has 42 heavy (non-hydrogen) atoms. The second-order valence-corrected chi connectivity index (χ2v) is 11.1. The molecule has 226 valence electrons. The summed E-state index contributed by atoms with van der Waals surface area (Å²) in [6.45, 7) is 10.5. The van der Waals surface area contributed by atoms with Gasteiger partial charge in [-0.3, -0.25) is 4.79 Å². The number of ether oxygens (including phenoxy) is 4. The largest absolute Gasteiger partial charge is 0.513 e. The SMILES string of the molecule is Cc1ccc(OC(=O)OCCn2nnnc2C(COCc2ccccc2)NC(=O)C(C)(C)NC(=O)OC(C)(C)C)cc1. The molecule has 2 amide bonds. The van der Waals surface area contributed by atoms with Gasteiger partial charge in [-0.15, -0.1) is 5.10 Å². The molecule has 0 spiro atoms. The van der Waals surface area contributed by atoms with Gasteiger partial charge in [0.25, 0.3) is 0 Å². The van der Waals surface area contributed by atoms with Crippen LogP contribution in [0.1, 0.15) is 57.6 Å². The number of hydrogen-bond donors (Lipinski definition) is 2. The molecule has 2 aromatic carbocycles. The molecule has 1 atom stereocenters. The maximum absolute atomic E-state index is 13.3. The quantitative estimate of drug-likeness (QED) is 0.237. The van der Waals surface area contributed by atoms with Crippen LogP contribution in [0, 0.1) is 6.92 Å². The summed E-state index contributed by atoms with van der Waals surface area (Å²) in [6, 6.07) is 15.7. The Morgan fingerprint density at radius 3 is 2.33 bits per heavy atom. The Hall–Kier alpha value is -4.52. The molecule has 13 heteroatoms. The third-order valence-corrected chi connectivity index (χ3v) is 5.70. The number of tetrazole rings is 1. The first-order valence-corrected chi connectivity index (χ1v) is 13.4. The highest BCUT2D eigenvalue weighted by Crippen LogP contribution is 2.16. The number of nitrogens with one attached hydrogen (secondary N) is 2. The van der Waals surface area contributed by atoms with Gasteiger partial charge in [0.15, 0.2) is 5.82 Å². The van der Waals surface area contributed by atoms with Crippen molar-refractivity contribution in [2.45, 2.75) is 71.9 Å². The van der Waals surface area contributed by atoms with E-state index in [4.69, 9.17) is 18.9 Å². The first-order valence-electron chi connectivity index (χ1n) is 13.4. The summed E-state index contributed by atoms with van der Waals surface area (Å²) in [6.07, 6.45) is -1.61. The standard InChI is InChI=1S/C29H38N6O7/c1-20-12-14-22(15-13-20)41-27(38)40-17-16-35-24(32-33-34-35)23(19-39-18-21-10-8-7-9-11-21)30-25(36)29(5,6)31-26(37)42-28(2,3)4/h7-15,23H,16-19H2,1-6H3,(H,30,36)(H,31,37). The van der Waals surface area contributed by atoms with E-state index in [2.05, 4.69) is 26.2 Å². The van der Waals surface area contributed by atoms with Gasteiger partial charge in [-0.1, -0.05) is 48.0 Å². The van der Waals surface area contributed by atoms with Crippen LogP contribution in [0.3, 0.4) is 0 Å². The van der Waals surface area contributed by atoms with Crippen LogP contribution in [-0.4, -0.2) is 62.7 Å². The number of aryl methyl sites for hydroxylation is 1. The molecule has 0 aliphatic rings. The maximum atomic E-state index is 13.3. The van der Waals surface area contributed by atoms with Gasteiger partial charge in [0.05, 0.1) is 19.8 Å². The smallest absolute Gasteiger partial charge is 0.444 e. The van der Waals surface area contributed by atoms with Crippen molar-refractivity contribution in [2.24, 2.45) is 0 Å². The lowest BCUT2D eigenvalue weighted by Gasteiger charge is -2.29. The summed E-state index contributed by atoms with van der Waals surface area (Å²) in [7, 11) is 0. The fraction of sp³-hybridized carbons (Fsp3) is 0.448. The Bertz CT molecular complexity index is 1320. The van der Waals surface area contributed by atoms with E-state index in [1.54, 1.807) is 46.8 Å². The van der Waals surface area contributed by atoms with E-state index < -0.39 is 35.3 Å². The van der Waals surface area contributed by atoms with Crippen LogP contribution < -0.4 is 15.4 Å². The van der Waals surface area contributed by atoms with Crippen molar-refractivity contribution in [3.63, 3.8) is 0 Å². The van der Waals surface area contributed by atoms with E-state index in [0.29, 0.717) is 5.75 Å². The Labute approximate surface area is 244 Å². The first kappa shape index (κ1) is 32.0. The number of hydrogen-bond acceptors (Lipinski definition) is 10. The van der Waals surface area contributed by atoms with Crippen LogP contribution in [0.15, 0.2) is 54.6 Å². The van der Waals surface area contributed by atoms with Crippen molar-refractivity contribution in [1.82, 2.24) is 30.8 Å². The highest BCUT2D eigenvalue weighted by atomic mass is 16.7. The summed E-state index contributed by atoms with van der Waals surface area (Å²) >= 11 is 0. The number of alkyl carbamates (subject to hydrolysis) is 1. The summed E-state index contributed by atoms with van der Waals surface area (Å²) in [5.41, 5.74) is -0.114. The summed E-state index contributed by atoms with van der Waals surface area (Å²) in [4.78, 5) is 37.8. The number of amides is 2. The minimum Gasteiger partial charge on any atom is -0.444 e. The van der Waals surface area contributed by atoms with Gasteiger partial charge < -0.3 is 29.6 Å². The molecule has 3 rings (SSSR count). The molecule has 0 saturated heterocycles. The lowest BCUT2D eigenvalue weighted by Crippen LogP contribution is -2.56. The normalized spacial score (nSPS) is 12.2. The van der Waals surface area contributed by atoms with E-state index in [1.165, 1.54) is 4.68 Å². The lowest BCUT2D eigenvalue weighted by atomic mass is 10.0. The van der Waals surface area contributed by atoms with Crippen molar-refractivity contribution >= 4 is 18.2 Å². The number of carbonyl (C=O) groups is 3. The maximum Gasteiger partial charge on any atom is 0.513 e. The molecule has 1 aromatic heterocycles. The zero-order chi connectivity index (χ0) is 30.8. The molecular formula is C29H38N6O7. The first-order chi connectivity index (χ1) is 19.8. The van der Waals surface area contributed by atoms with E-state index in [0.717, 1.165) is 11.1 Å². The Kier molecular flexibility index (Phi) is 11.0. The zero-order valence-corrected chi connectivity index (χ0v) is 24.7. The van der Waals surface area contributed by atoms with Crippen molar-refractivity contribution in [3.8, 4) is 5.75 Å². The van der Waals surface area contributed by atoms with Gasteiger partial charge in [0.2, 0.25) is 5.91 Å². The molecule has 2 N–H and O–H groups in total. The Morgan fingerprint density at radius 1 is 0.976 bits per heavy atom. The summed E-state index contributed by atoms with van der Waals surface area (Å²) < 4.78 is 22.9. The number of aromatic nitrogens is 4. The molecule has 0 saturated carbocycles. The molecule has 13 nitrogen and oxygen atoms in total. The molecular weight excluding hydrogens is 544 g/mol. The minimum absolute atomic E-state index is 0.0137. The number of carbonyl (C=O) groups excluding carboxylic acids is 3. The fourth-order valence-corrected chi connectivity index (χ4v) is 3.57. The van der Waals surface area contributed by atoms with E-state index in [-0.39, 0.29) is 32.2 Å². The van der Waals surface area contributed by atoms with Crippen LogP contribution in [0.4, 0.5) is 9.59 Å². The van der Waals surface area contributed by atoms with Gasteiger partial charge in [0.1, 0.15) is 29.5 Å². The van der Waals surface area contributed by atoms with Crippen LogP contribution in [-0.2, 0) is 32.2 Å². The van der Waals surface area contributed by atoms with Gasteiger partial charge in [-0.2, -0.15) is 0 Å². The Balaban J connectivity index is 1.66. The van der Waals surface area contributed by atoms with E-state index >= 15 is 0 Å². The van der Waals surface area contributed by atoms with Crippen molar-refractivity contribution in [2.75, 3.05) is 13.2 Å². The van der Waals surface area contributed by atoms with Crippen LogP contribution in [0.5, 0.6) is 5.75 Å². The molecule has 0 radical (unpaired) electrons. The van der Waals surface area contributed by atoms with Gasteiger partial charge in [-0.05, 0) is 69.7 Å². The molecule has 1 heterocycles. The summed E-state index contributed by atoms with van der Waals surface area (Å²) in [5, 5.41) is 17.2. The molecule has 1 unspecified atom stereocenters. The van der Waals surface area contributed by atoms with Crippen LogP contribution in [0.2, 0.25) is 0 Å². The second kappa shape index (κ2) is 14.4. The number of nitrogens with zero attached hydrogens (tertiary/aromatic N) is 4. The topological polar surface area (TPSA) is 156 Å². The van der Waals surface area contributed by atoms with Crippen LogP contribution in [0.25, 0.3) is 0 Å². The third kappa shape index (κ3) is 10.5. The lowest BCUT2D eigenvalue weighted by molar-refractivity contribution is -0.127. The number of rotatable bonds is 12. The van der Waals surface area contributed by atoms with E-state index in [1.807, 2.05) is 49.4 Å². The van der Waals surface area contributed by atoms with Gasteiger partial charge >= 0.3 is 12.2 Å². The van der Waals surface area contributed by atoms with E-state index in [9.17, 15) is 14.4 Å². The second-order valence-electron chi connectivity index (χ2n) is 11.1. The molecule has 0 bridgehead atoms. The van der Waals surface area contributed by atoms with Crippen molar-refractivity contribution in [1.29, 1.82) is 0 Å². The van der Waals surface area contributed by atoms with Crippen molar-refractivity contribution in [3.05, 3.63) is 71.5 Å². The predicted molar refractivity (Wildman–Crippen MR) is 151 cm³/mol. The highest BCUT2D eigenvalue weighted by Gasteiger charge is 2.34. The third-order valence-electron chi connectivity index (χ3n) is 5.70. The van der Waals surface area contributed by atoms with Crippen molar-refractivity contribution < 1.29 is 33.3 Å². The van der Waals surface area contributed by atoms with Gasteiger partial charge in [0, 0.05) is 0 Å². The average Bonchev–Trinajstić information content (AvgIpc) is 3.37. The highest BCUT2D eigenvalue weighted by molar-refractivity contribution is 5.89. The predicted octanol–water partition coefficient (Wildman–Crippen LogP) is 3.87. The summed E-state index contributed by atoms with van der Waals surface area (Å²) in [5.74, 6) is 0.101. The van der Waals surface area contributed by atoms with Crippen LogP contribution >= 0.6 is 0 Å². The minimum atomic E-state index is -1.35. The average molecular weight is 583 g/mol. The fourth-order valence-electron chi connectivity index (χ4n) is 3.57. The molecule has 0 aliphatic heterocycles. The molecule has 3 aromatic rings. The number of benzene rings is 2. The zero-order valence-electron chi connectivity index (χ0n) is 24.7. The van der Waals surface area contributed by atoms with Gasteiger partial charge in [-0.25, -0.2) is 14.3 Å². The Morgan fingerprint density at radius 2 is 1.67 bits per heavy atom. The monoisotopic (exact) mass is 582 g/mol. The molecule has 0 aliphatic carbocycles. The molecule has 0 fully saturated rings.